The first kappa shape index (κ1) is 9.99. The van der Waals surface area contributed by atoms with Crippen LogP contribution < -0.4 is 0 Å². The molecule has 0 aromatic carbocycles. The second-order valence-electron chi connectivity index (χ2n) is 2.22. The Hall–Kier alpha value is -1.01. The van der Waals surface area contributed by atoms with Crippen molar-refractivity contribution in [2.75, 3.05) is 0 Å². The first-order chi connectivity index (χ1) is 5.02. The van der Waals surface area contributed by atoms with E-state index in [-0.39, 0.29) is 5.97 Å². The molecule has 0 bridgehead atoms. The summed E-state index contributed by atoms with van der Waals surface area (Å²) >= 11 is 0. The Morgan fingerprint density at radius 3 is 2.36 bits per heavy atom. The van der Waals surface area contributed by atoms with E-state index in [2.05, 4.69) is 16.6 Å². The molecule has 62 valence electrons. The molecule has 2 atom stereocenters. The lowest BCUT2D eigenvalue weighted by atomic mass is 10.3. The molecule has 0 saturated heterocycles. The predicted molar refractivity (Wildman–Crippen MR) is 40.7 cm³/mol. The van der Waals surface area contributed by atoms with Gasteiger partial charge in [-0.05, 0) is 13.8 Å². The van der Waals surface area contributed by atoms with E-state index < -0.39 is 12.2 Å². The Morgan fingerprint density at radius 2 is 2.00 bits per heavy atom. The lowest BCUT2D eigenvalue weighted by Crippen LogP contribution is -2.10. The minimum Gasteiger partial charge on any atom is -0.450 e. The van der Waals surface area contributed by atoms with Gasteiger partial charge in [0.05, 0.1) is 0 Å². The Bertz CT molecular complexity index is 185. The van der Waals surface area contributed by atoms with Crippen molar-refractivity contribution in [2.24, 2.45) is 0 Å². The number of aliphatic hydroxyl groups excluding tert-OH is 1. The van der Waals surface area contributed by atoms with Gasteiger partial charge in [0.25, 0.3) is 0 Å². The summed E-state index contributed by atoms with van der Waals surface area (Å²) in [5.74, 6) is 4.69. The molecular weight excluding hydrogens is 144 g/mol. The second-order valence-corrected chi connectivity index (χ2v) is 2.22. The maximum absolute atomic E-state index is 10.3. The summed E-state index contributed by atoms with van der Waals surface area (Å²) in [5.41, 5.74) is 0. The number of carbonyl (C=O) groups excluding carboxylic acids is 1. The summed E-state index contributed by atoms with van der Waals surface area (Å²) in [6.07, 6.45) is -1.12. The van der Waals surface area contributed by atoms with Gasteiger partial charge in [-0.2, -0.15) is 0 Å². The fraction of sp³-hybridized carbons (Fsp3) is 0.625. The number of ether oxygens (including phenoxy) is 1. The van der Waals surface area contributed by atoms with E-state index in [0.29, 0.717) is 0 Å². The van der Waals surface area contributed by atoms with Crippen molar-refractivity contribution in [3.63, 3.8) is 0 Å². The van der Waals surface area contributed by atoms with Crippen molar-refractivity contribution in [3.05, 3.63) is 0 Å². The molecule has 0 aromatic heterocycles. The molecule has 3 heteroatoms. The van der Waals surface area contributed by atoms with Crippen LogP contribution in [0, 0.1) is 11.8 Å². The summed E-state index contributed by atoms with van der Waals surface area (Å²) in [6, 6.07) is 0. The molecule has 3 nitrogen and oxygen atoms in total. The molecule has 0 rings (SSSR count). The third-order valence-electron chi connectivity index (χ3n) is 0.838. The van der Waals surface area contributed by atoms with Gasteiger partial charge in [-0.25, -0.2) is 0 Å². The quantitative estimate of drug-likeness (QED) is 0.439. The summed E-state index contributed by atoms with van der Waals surface area (Å²) < 4.78 is 4.68. The van der Waals surface area contributed by atoms with Gasteiger partial charge in [-0.1, -0.05) is 11.8 Å². The number of carbonyl (C=O) groups is 1. The fourth-order valence-electron chi connectivity index (χ4n) is 0.516. The van der Waals surface area contributed by atoms with E-state index in [0.717, 1.165) is 0 Å². The highest BCUT2D eigenvalue weighted by molar-refractivity contribution is 5.66. The molecule has 0 aliphatic rings. The van der Waals surface area contributed by atoms with Gasteiger partial charge < -0.3 is 9.84 Å². The average molecular weight is 156 g/mol. The van der Waals surface area contributed by atoms with Gasteiger partial charge in [0.1, 0.15) is 6.10 Å². The van der Waals surface area contributed by atoms with Crippen molar-refractivity contribution < 1.29 is 14.6 Å². The maximum Gasteiger partial charge on any atom is 0.303 e. The third-order valence-corrected chi connectivity index (χ3v) is 0.838. The van der Waals surface area contributed by atoms with Crippen molar-refractivity contribution in [2.45, 2.75) is 33.0 Å². The summed E-state index contributed by atoms with van der Waals surface area (Å²) in [7, 11) is 0. The van der Waals surface area contributed by atoms with E-state index >= 15 is 0 Å². The zero-order valence-electron chi connectivity index (χ0n) is 6.92. The van der Waals surface area contributed by atoms with Gasteiger partial charge in [0, 0.05) is 6.92 Å². The first-order valence-electron chi connectivity index (χ1n) is 3.38. The maximum atomic E-state index is 10.3. The van der Waals surface area contributed by atoms with Crippen molar-refractivity contribution in [1.29, 1.82) is 0 Å². The van der Waals surface area contributed by atoms with Gasteiger partial charge in [0.2, 0.25) is 0 Å². The number of rotatable bonds is 1. The van der Waals surface area contributed by atoms with E-state index in [1.165, 1.54) is 6.92 Å². The van der Waals surface area contributed by atoms with Crippen LogP contribution in [0.4, 0.5) is 0 Å². The topological polar surface area (TPSA) is 46.5 Å². The van der Waals surface area contributed by atoms with Gasteiger partial charge in [0.15, 0.2) is 6.10 Å². The molecule has 0 heterocycles. The molecule has 0 aliphatic carbocycles. The molecular formula is C8H12O3. The Balaban J connectivity index is 3.79. The van der Waals surface area contributed by atoms with Crippen LogP contribution in [-0.2, 0) is 9.53 Å². The molecule has 0 unspecified atom stereocenters. The van der Waals surface area contributed by atoms with Crippen LogP contribution in [0.3, 0.4) is 0 Å². The van der Waals surface area contributed by atoms with E-state index in [4.69, 9.17) is 5.11 Å². The predicted octanol–water partition coefficient (Wildman–Crippen LogP) is 0.322. The van der Waals surface area contributed by atoms with Crippen LogP contribution in [0.15, 0.2) is 0 Å². The molecule has 0 radical (unpaired) electrons. The lowest BCUT2D eigenvalue weighted by Gasteiger charge is -2.02. The van der Waals surface area contributed by atoms with E-state index in [1.54, 1.807) is 13.8 Å². The molecule has 11 heavy (non-hydrogen) atoms. The van der Waals surface area contributed by atoms with E-state index in [1.807, 2.05) is 0 Å². The number of hydrogen-bond donors (Lipinski definition) is 1. The van der Waals surface area contributed by atoms with Crippen LogP contribution in [-0.4, -0.2) is 23.3 Å². The highest BCUT2D eigenvalue weighted by Crippen LogP contribution is 1.88. The molecule has 0 saturated carbocycles. The monoisotopic (exact) mass is 156 g/mol. The SMILES string of the molecule is CC(=O)O[C@H](C)C#C[C@H](C)O. The average Bonchev–Trinajstić information content (AvgIpc) is 1.82. The molecule has 0 amide bonds. The zero-order chi connectivity index (χ0) is 8.85. The van der Waals surface area contributed by atoms with Crippen LogP contribution >= 0.6 is 0 Å². The van der Waals surface area contributed by atoms with E-state index in [9.17, 15) is 4.79 Å². The highest BCUT2D eigenvalue weighted by Gasteiger charge is 1.99. The minimum absolute atomic E-state index is 0.364. The molecule has 0 aromatic rings. The number of esters is 1. The molecule has 0 spiro atoms. The zero-order valence-corrected chi connectivity index (χ0v) is 6.92. The smallest absolute Gasteiger partial charge is 0.303 e. The third kappa shape index (κ3) is 6.88. The summed E-state index contributed by atoms with van der Waals surface area (Å²) in [5, 5.41) is 8.72. The Morgan fingerprint density at radius 1 is 1.45 bits per heavy atom. The largest absolute Gasteiger partial charge is 0.450 e. The summed E-state index contributed by atoms with van der Waals surface area (Å²) in [6.45, 7) is 4.52. The van der Waals surface area contributed by atoms with Crippen LogP contribution in [0.1, 0.15) is 20.8 Å². The molecule has 1 N–H and O–H groups in total. The van der Waals surface area contributed by atoms with Crippen molar-refractivity contribution in [1.82, 2.24) is 0 Å². The Labute approximate surface area is 66.4 Å². The Kier molecular flexibility index (Phi) is 4.32. The normalized spacial score (nSPS) is 14.2. The van der Waals surface area contributed by atoms with Crippen LogP contribution in [0.5, 0.6) is 0 Å². The molecule has 0 fully saturated rings. The minimum atomic E-state index is -0.673. The van der Waals surface area contributed by atoms with Crippen molar-refractivity contribution >= 4 is 5.97 Å². The van der Waals surface area contributed by atoms with Crippen LogP contribution in [0.25, 0.3) is 0 Å². The van der Waals surface area contributed by atoms with Gasteiger partial charge in [-0.3, -0.25) is 4.79 Å². The highest BCUT2D eigenvalue weighted by atomic mass is 16.5. The van der Waals surface area contributed by atoms with Gasteiger partial charge >= 0.3 is 5.97 Å². The summed E-state index contributed by atoms with van der Waals surface area (Å²) in [4.78, 5) is 10.3. The fourth-order valence-corrected chi connectivity index (χ4v) is 0.516. The van der Waals surface area contributed by atoms with Gasteiger partial charge in [-0.15, -0.1) is 0 Å². The standard InChI is InChI=1S/C8H12O3/c1-6(9)4-5-7(2)11-8(3)10/h6-7,9H,1-3H3/t6-,7+/m0/s1. The second kappa shape index (κ2) is 4.75. The number of hydrogen-bond acceptors (Lipinski definition) is 3. The molecule has 0 aliphatic heterocycles. The lowest BCUT2D eigenvalue weighted by molar-refractivity contribution is -0.143. The number of aliphatic hydroxyl groups is 1. The first-order valence-corrected chi connectivity index (χ1v) is 3.38. The van der Waals surface area contributed by atoms with Crippen LogP contribution in [0.2, 0.25) is 0 Å². The van der Waals surface area contributed by atoms with Crippen molar-refractivity contribution in [3.8, 4) is 11.8 Å².